The molecular formula is C16H21F3OSi. The van der Waals surface area contributed by atoms with Crippen molar-refractivity contribution in [3.63, 3.8) is 0 Å². The quantitative estimate of drug-likeness (QED) is 0.546. The number of halogens is 3. The fraction of sp³-hybridized carbons (Fsp3) is 0.500. The molecule has 0 aliphatic rings. The summed E-state index contributed by atoms with van der Waals surface area (Å²) < 4.78 is 44.3. The van der Waals surface area contributed by atoms with Crippen LogP contribution in [0.15, 0.2) is 24.3 Å². The molecule has 0 heterocycles. The zero-order valence-corrected chi connectivity index (χ0v) is 14.1. The monoisotopic (exact) mass is 314 g/mol. The van der Waals surface area contributed by atoms with Crippen molar-refractivity contribution in [1.29, 1.82) is 0 Å². The van der Waals surface area contributed by atoms with E-state index in [4.69, 9.17) is 4.43 Å². The van der Waals surface area contributed by atoms with Crippen LogP contribution in [0.25, 0.3) is 0 Å². The van der Waals surface area contributed by atoms with E-state index in [1.165, 1.54) is 12.1 Å². The van der Waals surface area contributed by atoms with Gasteiger partial charge in [0.25, 0.3) is 0 Å². The van der Waals surface area contributed by atoms with Gasteiger partial charge in [0, 0.05) is 5.56 Å². The van der Waals surface area contributed by atoms with Crippen LogP contribution in [-0.4, -0.2) is 14.9 Å². The standard InChI is InChI=1S/C16H21F3OSi/c1-15(2,3)21(4,5)20-12-8-10-13-9-6-7-11-14(13)16(17,18)19/h6-7,9,11H,12H2,1-5H3. The maximum atomic E-state index is 12.8. The second-order valence-corrected chi connectivity index (χ2v) is 11.2. The lowest BCUT2D eigenvalue weighted by Crippen LogP contribution is -2.40. The maximum Gasteiger partial charge on any atom is 0.417 e. The van der Waals surface area contributed by atoms with Gasteiger partial charge in [-0.05, 0) is 30.3 Å². The summed E-state index contributed by atoms with van der Waals surface area (Å²) in [6.07, 6.45) is -4.38. The van der Waals surface area contributed by atoms with Crippen molar-refractivity contribution < 1.29 is 17.6 Å². The first-order valence-corrected chi connectivity index (χ1v) is 9.65. The Hall–Kier alpha value is -1.25. The average molecular weight is 314 g/mol. The van der Waals surface area contributed by atoms with E-state index in [9.17, 15) is 13.2 Å². The molecule has 1 nitrogen and oxygen atoms in total. The van der Waals surface area contributed by atoms with Crippen molar-refractivity contribution >= 4 is 8.32 Å². The predicted octanol–water partition coefficient (Wildman–Crippen LogP) is 5.08. The SMILES string of the molecule is CC(C)(C)[Si](C)(C)OCC#Cc1ccccc1C(F)(F)F. The number of alkyl halides is 3. The first-order chi connectivity index (χ1) is 9.45. The fourth-order valence-corrected chi connectivity index (χ4v) is 2.27. The van der Waals surface area contributed by atoms with Gasteiger partial charge in [-0.2, -0.15) is 13.2 Å². The third-order valence-electron chi connectivity index (χ3n) is 3.77. The van der Waals surface area contributed by atoms with Gasteiger partial charge in [0.05, 0.1) is 12.2 Å². The van der Waals surface area contributed by atoms with Gasteiger partial charge in [-0.15, -0.1) is 0 Å². The van der Waals surface area contributed by atoms with Gasteiger partial charge in [0.15, 0.2) is 8.32 Å². The van der Waals surface area contributed by atoms with E-state index < -0.39 is 20.1 Å². The smallest absolute Gasteiger partial charge is 0.406 e. The molecule has 0 unspecified atom stereocenters. The normalized spacial score (nSPS) is 12.8. The summed E-state index contributed by atoms with van der Waals surface area (Å²) in [5, 5.41) is 0.0541. The van der Waals surface area contributed by atoms with Crippen molar-refractivity contribution in [2.24, 2.45) is 0 Å². The second kappa shape index (κ2) is 6.25. The van der Waals surface area contributed by atoms with Crippen LogP contribution in [0.5, 0.6) is 0 Å². The molecule has 0 saturated carbocycles. The maximum absolute atomic E-state index is 12.8. The molecule has 0 spiro atoms. The number of hydrogen-bond acceptors (Lipinski definition) is 1. The zero-order chi connectivity index (χ0) is 16.3. The number of hydrogen-bond donors (Lipinski definition) is 0. The number of benzene rings is 1. The molecule has 116 valence electrons. The van der Waals surface area contributed by atoms with Crippen molar-refractivity contribution in [3.05, 3.63) is 35.4 Å². The minimum Gasteiger partial charge on any atom is -0.406 e. The molecule has 0 N–H and O–H groups in total. The molecule has 0 aliphatic heterocycles. The van der Waals surface area contributed by atoms with Gasteiger partial charge < -0.3 is 4.43 Å². The summed E-state index contributed by atoms with van der Waals surface area (Å²) in [6, 6.07) is 5.33. The van der Waals surface area contributed by atoms with E-state index in [0.29, 0.717) is 0 Å². The minimum atomic E-state index is -4.38. The first kappa shape index (κ1) is 17.8. The molecule has 0 radical (unpaired) electrons. The van der Waals surface area contributed by atoms with Crippen LogP contribution in [0.1, 0.15) is 31.9 Å². The number of rotatable bonds is 2. The molecule has 0 amide bonds. The van der Waals surface area contributed by atoms with Gasteiger partial charge in [0.2, 0.25) is 0 Å². The molecule has 0 saturated heterocycles. The van der Waals surface area contributed by atoms with Gasteiger partial charge in [-0.3, -0.25) is 0 Å². The Bertz CT molecular complexity index is 545. The van der Waals surface area contributed by atoms with E-state index in [1.54, 1.807) is 6.07 Å². The summed E-state index contributed by atoms with van der Waals surface area (Å²) in [7, 11) is -1.92. The highest BCUT2D eigenvalue weighted by Crippen LogP contribution is 2.36. The van der Waals surface area contributed by atoms with Gasteiger partial charge in [-0.1, -0.05) is 44.7 Å². The molecule has 0 aromatic heterocycles. The lowest BCUT2D eigenvalue weighted by Gasteiger charge is -2.35. The van der Waals surface area contributed by atoms with Crippen molar-refractivity contribution in [3.8, 4) is 11.8 Å². The highest BCUT2D eigenvalue weighted by atomic mass is 28.4. The van der Waals surface area contributed by atoms with E-state index in [0.717, 1.165) is 6.07 Å². The fourth-order valence-electron chi connectivity index (χ4n) is 1.40. The third-order valence-corrected chi connectivity index (χ3v) is 8.25. The van der Waals surface area contributed by atoms with E-state index in [-0.39, 0.29) is 17.2 Å². The van der Waals surface area contributed by atoms with Crippen molar-refractivity contribution in [1.82, 2.24) is 0 Å². The average Bonchev–Trinajstić information content (AvgIpc) is 2.32. The molecule has 0 fully saturated rings. The van der Waals surface area contributed by atoms with Crippen LogP contribution in [0, 0.1) is 11.8 Å². The summed E-state index contributed by atoms with van der Waals surface area (Å²) in [5.74, 6) is 5.28. The molecule has 1 aromatic rings. The summed E-state index contributed by atoms with van der Waals surface area (Å²) in [5.41, 5.74) is -0.714. The first-order valence-electron chi connectivity index (χ1n) is 6.74. The van der Waals surface area contributed by atoms with Crippen molar-refractivity contribution in [2.75, 3.05) is 6.61 Å². The largest absolute Gasteiger partial charge is 0.417 e. The van der Waals surface area contributed by atoms with Crippen LogP contribution in [-0.2, 0) is 10.6 Å². The van der Waals surface area contributed by atoms with Gasteiger partial charge >= 0.3 is 6.18 Å². The molecule has 1 aromatic carbocycles. The Morgan fingerprint density at radius 2 is 1.67 bits per heavy atom. The molecule has 0 bridgehead atoms. The van der Waals surface area contributed by atoms with Crippen LogP contribution in [0.3, 0.4) is 0 Å². The van der Waals surface area contributed by atoms with Gasteiger partial charge in [-0.25, -0.2) is 0 Å². The Kier molecular flexibility index (Phi) is 5.29. The molecular weight excluding hydrogens is 293 g/mol. The summed E-state index contributed by atoms with van der Waals surface area (Å²) in [4.78, 5) is 0. The Morgan fingerprint density at radius 3 is 2.19 bits per heavy atom. The summed E-state index contributed by atoms with van der Waals surface area (Å²) >= 11 is 0. The summed E-state index contributed by atoms with van der Waals surface area (Å²) in [6.45, 7) is 10.6. The van der Waals surface area contributed by atoms with Crippen LogP contribution in [0.2, 0.25) is 18.1 Å². The van der Waals surface area contributed by atoms with E-state index in [2.05, 4.69) is 45.7 Å². The van der Waals surface area contributed by atoms with E-state index >= 15 is 0 Å². The Morgan fingerprint density at radius 1 is 1.10 bits per heavy atom. The van der Waals surface area contributed by atoms with Crippen molar-refractivity contribution in [2.45, 2.75) is 45.1 Å². The van der Waals surface area contributed by atoms with Crippen LogP contribution >= 0.6 is 0 Å². The van der Waals surface area contributed by atoms with Gasteiger partial charge in [0.1, 0.15) is 0 Å². The second-order valence-electron chi connectivity index (χ2n) is 6.39. The molecule has 21 heavy (non-hydrogen) atoms. The van der Waals surface area contributed by atoms with Crippen LogP contribution in [0.4, 0.5) is 13.2 Å². The molecule has 1 rings (SSSR count). The lowest BCUT2D eigenvalue weighted by atomic mass is 10.1. The molecule has 0 aliphatic carbocycles. The lowest BCUT2D eigenvalue weighted by molar-refractivity contribution is -0.137. The highest BCUT2D eigenvalue weighted by molar-refractivity contribution is 6.74. The molecule has 0 atom stereocenters. The molecule has 5 heteroatoms. The van der Waals surface area contributed by atoms with Crippen LogP contribution < -0.4 is 0 Å². The topological polar surface area (TPSA) is 9.23 Å². The third kappa shape index (κ3) is 4.90. The predicted molar refractivity (Wildman–Crippen MR) is 81.5 cm³/mol. The van der Waals surface area contributed by atoms with E-state index in [1.807, 2.05) is 0 Å². The Balaban J connectivity index is 2.82. The Labute approximate surface area is 125 Å². The minimum absolute atomic E-state index is 0.0103. The zero-order valence-electron chi connectivity index (χ0n) is 13.1. The highest BCUT2D eigenvalue weighted by Gasteiger charge is 2.36.